The van der Waals surface area contributed by atoms with E-state index in [2.05, 4.69) is 16.0 Å². The van der Waals surface area contributed by atoms with E-state index in [1.807, 2.05) is 0 Å². The summed E-state index contributed by atoms with van der Waals surface area (Å²) in [6.45, 7) is 1.36. The lowest BCUT2D eigenvalue weighted by Gasteiger charge is -2.42. The van der Waals surface area contributed by atoms with Gasteiger partial charge in [-0.1, -0.05) is 18.2 Å². The van der Waals surface area contributed by atoms with Crippen molar-refractivity contribution >= 4 is 23.8 Å². The van der Waals surface area contributed by atoms with Crippen LogP contribution in [-0.2, 0) is 16.0 Å². The number of hydrogen-bond donors (Lipinski definition) is 4. The zero-order valence-electron chi connectivity index (χ0n) is 13.6. The van der Waals surface area contributed by atoms with Crippen molar-refractivity contribution in [1.82, 2.24) is 16.0 Å². The van der Waals surface area contributed by atoms with E-state index in [1.165, 1.54) is 0 Å². The fraction of sp³-hybridized carbons (Fsp3) is 0.412. The molecule has 132 valence electrons. The Hall–Kier alpha value is -2.74. The van der Waals surface area contributed by atoms with Gasteiger partial charge in [0, 0.05) is 5.56 Å². The first-order chi connectivity index (χ1) is 11.9. The Balaban J connectivity index is 2.06. The highest BCUT2D eigenvalue weighted by molar-refractivity contribution is 6.19. The van der Waals surface area contributed by atoms with Gasteiger partial charge in [-0.25, -0.2) is 4.79 Å². The summed E-state index contributed by atoms with van der Waals surface area (Å²) >= 11 is 0. The van der Waals surface area contributed by atoms with Crippen LogP contribution in [0, 0.1) is 11.3 Å². The maximum atomic E-state index is 12.8. The van der Waals surface area contributed by atoms with Crippen LogP contribution in [0.15, 0.2) is 24.3 Å². The standard InChI is InChI=1S/C17H20N4O4/c18-13(22)12-4-2-1-3-10(12)9-17(11-5-7-19-8-6-11)14(23)20-16(25)21-15(17)24/h1-4,11,19H,5-9H2,(H2,18,22)(H2,20,21,23,24,25). The van der Waals surface area contributed by atoms with Gasteiger partial charge in [0.15, 0.2) is 0 Å². The highest BCUT2D eigenvalue weighted by Crippen LogP contribution is 2.40. The molecule has 5 amide bonds. The number of urea groups is 1. The van der Waals surface area contributed by atoms with Crippen LogP contribution in [0.3, 0.4) is 0 Å². The predicted molar refractivity (Wildman–Crippen MR) is 88.4 cm³/mol. The van der Waals surface area contributed by atoms with Gasteiger partial charge in [-0.3, -0.25) is 25.0 Å². The van der Waals surface area contributed by atoms with E-state index in [0.717, 1.165) is 0 Å². The number of primary amides is 1. The van der Waals surface area contributed by atoms with Gasteiger partial charge < -0.3 is 11.1 Å². The Morgan fingerprint density at radius 3 is 2.28 bits per heavy atom. The molecule has 0 radical (unpaired) electrons. The van der Waals surface area contributed by atoms with Gasteiger partial charge >= 0.3 is 6.03 Å². The van der Waals surface area contributed by atoms with Gasteiger partial charge in [-0.05, 0) is 49.9 Å². The van der Waals surface area contributed by atoms with Crippen LogP contribution in [0.2, 0.25) is 0 Å². The van der Waals surface area contributed by atoms with Gasteiger partial charge in [-0.15, -0.1) is 0 Å². The Bertz CT molecular complexity index is 720. The molecule has 25 heavy (non-hydrogen) atoms. The SMILES string of the molecule is NC(=O)c1ccccc1CC1(C2CCNCC2)C(=O)NC(=O)NC1=O. The zero-order valence-corrected chi connectivity index (χ0v) is 13.6. The number of carbonyl (C=O) groups is 4. The van der Waals surface area contributed by atoms with Crippen LogP contribution in [-0.4, -0.2) is 36.8 Å². The molecule has 8 heteroatoms. The number of imide groups is 2. The van der Waals surface area contributed by atoms with Gasteiger partial charge in [0.2, 0.25) is 17.7 Å². The number of hydrogen-bond acceptors (Lipinski definition) is 5. The van der Waals surface area contributed by atoms with Crippen molar-refractivity contribution < 1.29 is 19.2 Å². The van der Waals surface area contributed by atoms with E-state index in [9.17, 15) is 19.2 Å². The lowest BCUT2D eigenvalue weighted by molar-refractivity contribution is -0.149. The minimum atomic E-state index is -1.44. The molecule has 0 bridgehead atoms. The van der Waals surface area contributed by atoms with Crippen LogP contribution < -0.4 is 21.7 Å². The molecule has 1 aromatic rings. The fourth-order valence-electron chi connectivity index (χ4n) is 3.77. The normalized spacial score (nSPS) is 20.7. The van der Waals surface area contributed by atoms with Crippen LogP contribution in [0.5, 0.6) is 0 Å². The van der Waals surface area contributed by atoms with Gasteiger partial charge in [0.1, 0.15) is 5.41 Å². The molecule has 0 saturated carbocycles. The average Bonchev–Trinajstić information content (AvgIpc) is 2.59. The summed E-state index contributed by atoms with van der Waals surface area (Å²) in [4.78, 5) is 48.8. The second-order valence-corrected chi connectivity index (χ2v) is 6.43. The minimum absolute atomic E-state index is 0.0156. The zero-order chi connectivity index (χ0) is 18.0. The van der Waals surface area contributed by atoms with Crippen LogP contribution >= 0.6 is 0 Å². The number of rotatable bonds is 4. The fourth-order valence-corrected chi connectivity index (χ4v) is 3.77. The van der Waals surface area contributed by atoms with Crippen molar-refractivity contribution in [2.75, 3.05) is 13.1 Å². The smallest absolute Gasteiger partial charge is 0.328 e. The molecule has 1 aromatic carbocycles. The molecule has 0 aliphatic carbocycles. The van der Waals surface area contributed by atoms with Crippen LogP contribution in [0.4, 0.5) is 4.79 Å². The van der Waals surface area contributed by atoms with Crippen LogP contribution in [0.1, 0.15) is 28.8 Å². The van der Waals surface area contributed by atoms with Gasteiger partial charge in [0.25, 0.3) is 0 Å². The summed E-state index contributed by atoms with van der Waals surface area (Å²) < 4.78 is 0. The van der Waals surface area contributed by atoms with E-state index in [-0.39, 0.29) is 17.9 Å². The molecule has 5 N–H and O–H groups in total. The van der Waals surface area contributed by atoms with Crippen molar-refractivity contribution in [3.63, 3.8) is 0 Å². The first-order valence-electron chi connectivity index (χ1n) is 8.20. The Kier molecular flexibility index (Phi) is 4.54. The minimum Gasteiger partial charge on any atom is -0.366 e. The third kappa shape index (κ3) is 3.00. The largest absolute Gasteiger partial charge is 0.366 e. The number of nitrogens with one attached hydrogen (secondary N) is 3. The molecule has 0 aromatic heterocycles. The van der Waals surface area contributed by atoms with E-state index >= 15 is 0 Å². The van der Waals surface area contributed by atoms with Crippen molar-refractivity contribution in [2.45, 2.75) is 19.3 Å². The van der Waals surface area contributed by atoms with Gasteiger partial charge in [-0.2, -0.15) is 0 Å². The highest BCUT2D eigenvalue weighted by Gasteiger charge is 2.55. The molecule has 3 rings (SSSR count). The molecule has 2 aliphatic heterocycles. The molecular weight excluding hydrogens is 324 g/mol. The average molecular weight is 344 g/mol. The molecule has 2 saturated heterocycles. The molecule has 0 unspecified atom stereocenters. The first kappa shape index (κ1) is 17.1. The second kappa shape index (κ2) is 6.64. The van der Waals surface area contributed by atoms with Crippen molar-refractivity contribution in [1.29, 1.82) is 0 Å². The van der Waals surface area contributed by atoms with Crippen molar-refractivity contribution in [3.8, 4) is 0 Å². The van der Waals surface area contributed by atoms with Crippen LogP contribution in [0.25, 0.3) is 0 Å². The third-order valence-corrected chi connectivity index (χ3v) is 5.05. The third-order valence-electron chi connectivity index (χ3n) is 5.05. The topological polar surface area (TPSA) is 130 Å². The number of nitrogens with two attached hydrogens (primary N) is 1. The summed E-state index contributed by atoms with van der Waals surface area (Å²) in [7, 11) is 0. The van der Waals surface area contributed by atoms with E-state index in [4.69, 9.17) is 5.73 Å². The number of benzene rings is 1. The first-order valence-corrected chi connectivity index (χ1v) is 8.20. The Morgan fingerprint density at radius 1 is 1.08 bits per heavy atom. The van der Waals surface area contributed by atoms with E-state index in [1.54, 1.807) is 24.3 Å². The summed E-state index contributed by atoms with van der Waals surface area (Å²) in [5, 5.41) is 7.64. The Morgan fingerprint density at radius 2 is 1.68 bits per heavy atom. The number of barbiturate groups is 1. The number of amides is 5. The maximum Gasteiger partial charge on any atom is 0.328 e. The van der Waals surface area contributed by atoms with Crippen molar-refractivity contribution in [2.24, 2.45) is 17.1 Å². The lowest BCUT2D eigenvalue weighted by atomic mass is 9.65. The lowest BCUT2D eigenvalue weighted by Crippen LogP contribution is -2.66. The summed E-state index contributed by atoms with van der Waals surface area (Å²) in [6, 6.07) is 5.83. The monoisotopic (exact) mass is 344 g/mol. The summed E-state index contributed by atoms with van der Waals surface area (Å²) in [5.74, 6) is -2.11. The second-order valence-electron chi connectivity index (χ2n) is 6.43. The number of piperidine rings is 1. The predicted octanol–water partition coefficient (Wildman–Crippen LogP) is -0.320. The Labute approximate surface area is 144 Å². The molecule has 2 fully saturated rings. The molecule has 2 aliphatic rings. The maximum absolute atomic E-state index is 12.8. The molecule has 0 spiro atoms. The molecule has 8 nitrogen and oxygen atoms in total. The molecule has 2 heterocycles. The molecule has 0 atom stereocenters. The summed E-state index contributed by atoms with van der Waals surface area (Å²) in [5.41, 5.74) is 4.78. The highest BCUT2D eigenvalue weighted by atomic mass is 16.2. The quantitative estimate of drug-likeness (QED) is 0.556. The van der Waals surface area contributed by atoms with E-state index in [0.29, 0.717) is 31.5 Å². The van der Waals surface area contributed by atoms with E-state index < -0.39 is 29.2 Å². The number of carbonyl (C=O) groups excluding carboxylic acids is 4. The van der Waals surface area contributed by atoms with Crippen molar-refractivity contribution in [3.05, 3.63) is 35.4 Å². The molecular formula is C17H20N4O4. The summed E-state index contributed by atoms with van der Waals surface area (Å²) in [6.07, 6.45) is 1.25. The van der Waals surface area contributed by atoms with Gasteiger partial charge in [0.05, 0.1) is 0 Å².